The minimum atomic E-state index is 0.0435. The second-order valence-corrected chi connectivity index (χ2v) is 2.29. The summed E-state index contributed by atoms with van der Waals surface area (Å²) in [6, 6.07) is 0. The zero-order valence-corrected chi connectivity index (χ0v) is 7.01. The summed E-state index contributed by atoms with van der Waals surface area (Å²) in [6.07, 6.45) is 1.61. The predicted octanol–water partition coefficient (Wildman–Crippen LogP) is -1.10. The first-order valence-electron chi connectivity index (χ1n) is 3.53. The topological polar surface area (TPSA) is 120 Å². The Kier molecular flexibility index (Phi) is 2.60. The van der Waals surface area contributed by atoms with E-state index in [9.17, 15) is 0 Å². The average molecular weight is 181 g/mol. The molecule has 1 aromatic heterocycles. The molecule has 0 saturated heterocycles. The molecule has 70 valence electrons. The molecule has 0 aliphatic carbocycles. The van der Waals surface area contributed by atoms with Gasteiger partial charge in [-0.1, -0.05) is 6.08 Å². The van der Waals surface area contributed by atoms with Crippen LogP contribution in [0.3, 0.4) is 0 Å². The summed E-state index contributed by atoms with van der Waals surface area (Å²) in [7, 11) is 0. The van der Waals surface area contributed by atoms with Crippen molar-refractivity contribution in [1.82, 2.24) is 15.0 Å². The second kappa shape index (κ2) is 3.68. The SMILES string of the molecule is C=CCN(N)c1nc(N)nc(N)n1. The van der Waals surface area contributed by atoms with Crippen molar-refractivity contribution >= 4 is 17.8 Å². The molecule has 0 amide bonds. The molecular weight excluding hydrogens is 170 g/mol. The summed E-state index contributed by atoms with van der Waals surface area (Å²) in [6.45, 7) is 3.92. The van der Waals surface area contributed by atoms with Crippen LogP contribution in [0.15, 0.2) is 12.7 Å². The van der Waals surface area contributed by atoms with Gasteiger partial charge in [-0.05, 0) is 0 Å². The second-order valence-electron chi connectivity index (χ2n) is 2.29. The van der Waals surface area contributed by atoms with Crippen molar-refractivity contribution in [3.8, 4) is 0 Å². The Morgan fingerprint density at radius 3 is 2.23 bits per heavy atom. The van der Waals surface area contributed by atoms with Gasteiger partial charge in [0.1, 0.15) is 0 Å². The normalized spacial score (nSPS) is 9.62. The van der Waals surface area contributed by atoms with Crippen molar-refractivity contribution in [2.45, 2.75) is 0 Å². The maximum absolute atomic E-state index is 5.54. The highest BCUT2D eigenvalue weighted by Gasteiger charge is 2.05. The van der Waals surface area contributed by atoms with Gasteiger partial charge in [-0.2, -0.15) is 15.0 Å². The van der Waals surface area contributed by atoms with E-state index in [1.807, 2.05) is 0 Å². The third-order valence-corrected chi connectivity index (χ3v) is 1.24. The van der Waals surface area contributed by atoms with Gasteiger partial charge in [-0.3, -0.25) is 5.01 Å². The van der Waals surface area contributed by atoms with Gasteiger partial charge >= 0.3 is 0 Å². The summed E-state index contributed by atoms with van der Waals surface area (Å²) >= 11 is 0. The van der Waals surface area contributed by atoms with Crippen LogP contribution in [0.5, 0.6) is 0 Å². The van der Waals surface area contributed by atoms with E-state index in [-0.39, 0.29) is 17.8 Å². The number of nitrogens with zero attached hydrogens (tertiary/aromatic N) is 4. The van der Waals surface area contributed by atoms with E-state index in [0.29, 0.717) is 6.54 Å². The van der Waals surface area contributed by atoms with Crippen molar-refractivity contribution < 1.29 is 0 Å². The lowest BCUT2D eigenvalue weighted by Crippen LogP contribution is -2.33. The Labute approximate surface area is 75.2 Å². The highest BCUT2D eigenvalue weighted by atomic mass is 15.5. The van der Waals surface area contributed by atoms with Gasteiger partial charge < -0.3 is 11.5 Å². The molecule has 0 aromatic carbocycles. The summed E-state index contributed by atoms with van der Waals surface area (Å²) in [4.78, 5) is 11.2. The van der Waals surface area contributed by atoms with Crippen LogP contribution in [0, 0.1) is 0 Å². The minimum Gasteiger partial charge on any atom is -0.368 e. The molecule has 1 rings (SSSR count). The molecule has 7 nitrogen and oxygen atoms in total. The fourth-order valence-corrected chi connectivity index (χ4v) is 0.746. The van der Waals surface area contributed by atoms with E-state index in [1.165, 1.54) is 5.01 Å². The van der Waals surface area contributed by atoms with Gasteiger partial charge in [0.15, 0.2) is 0 Å². The Morgan fingerprint density at radius 2 is 1.77 bits per heavy atom. The number of hydrazine groups is 1. The van der Waals surface area contributed by atoms with Crippen molar-refractivity contribution in [1.29, 1.82) is 0 Å². The summed E-state index contributed by atoms with van der Waals surface area (Å²) in [5.74, 6) is 5.86. The van der Waals surface area contributed by atoms with Crippen LogP contribution in [0.1, 0.15) is 0 Å². The van der Waals surface area contributed by atoms with Crippen LogP contribution in [-0.2, 0) is 0 Å². The molecule has 0 spiro atoms. The first-order chi connectivity index (χ1) is 6.13. The van der Waals surface area contributed by atoms with E-state index >= 15 is 0 Å². The third kappa shape index (κ3) is 2.27. The monoisotopic (exact) mass is 181 g/mol. The molecular formula is C6H11N7. The Morgan fingerprint density at radius 1 is 1.23 bits per heavy atom. The summed E-state index contributed by atoms with van der Waals surface area (Å²) < 4.78 is 0. The van der Waals surface area contributed by atoms with Gasteiger partial charge in [0, 0.05) is 0 Å². The molecule has 0 fully saturated rings. The van der Waals surface area contributed by atoms with Crippen molar-refractivity contribution in [3.63, 3.8) is 0 Å². The van der Waals surface area contributed by atoms with Crippen molar-refractivity contribution in [2.24, 2.45) is 5.84 Å². The largest absolute Gasteiger partial charge is 0.368 e. The number of aromatic nitrogens is 3. The first kappa shape index (κ1) is 9.20. The third-order valence-electron chi connectivity index (χ3n) is 1.24. The quantitative estimate of drug-likeness (QED) is 0.307. The van der Waals surface area contributed by atoms with Crippen molar-refractivity contribution in [2.75, 3.05) is 23.0 Å². The molecule has 1 aromatic rings. The zero-order valence-electron chi connectivity index (χ0n) is 7.01. The first-order valence-corrected chi connectivity index (χ1v) is 3.53. The van der Waals surface area contributed by atoms with Gasteiger partial charge in [-0.15, -0.1) is 6.58 Å². The van der Waals surface area contributed by atoms with Crippen LogP contribution < -0.4 is 22.3 Å². The van der Waals surface area contributed by atoms with Gasteiger partial charge in [-0.25, -0.2) is 5.84 Å². The smallest absolute Gasteiger partial charge is 0.246 e. The summed E-state index contributed by atoms with van der Waals surface area (Å²) in [5, 5.41) is 1.27. The Hall–Kier alpha value is -1.89. The van der Waals surface area contributed by atoms with Gasteiger partial charge in [0.25, 0.3) is 0 Å². The maximum atomic E-state index is 5.54. The molecule has 0 atom stereocenters. The van der Waals surface area contributed by atoms with Crippen LogP contribution in [-0.4, -0.2) is 21.5 Å². The zero-order chi connectivity index (χ0) is 9.84. The number of nitrogens with two attached hydrogens (primary N) is 3. The lowest BCUT2D eigenvalue weighted by atomic mass is 10.6. The molecule has 13 heavy (non-hydrogen) atoms. The standard InChI is InChI=1S/C6H11N7/c1-2-3-13(9)6-11-4(7)10-5(8)12-6/h2H,1,3,9H2,(H4,7,8,10,11,12). The highest BCUT2D eigenvalue weighted by Crippen LogP contribution is 2.05. The molecule has 0 saturated carbocycles. The number of nitrogen functional groups attached to an aromatic ring is 2. The van der Waals surface area contributed by atoms with E-state index in [0.717, 1.165) is 0 Å². The van der Waals surface area contributed by atoms with E-state index in [2.05, 4.69) is 21.5 Å². The summed E-state index contributed by atoms with van der Waals surface area (Å²) in [5.41, 5.74) is 10.7. The lowest BCUT2D eigenvalue weighted by molar-refractivity contribution is 0.867. The molecule has 1 heterocycles. The van der Waals surface area contributed by atoms with E-state index < -0.39 is 0 Å². The van der Waals surface area contributed by atoms with Crippen LogP contribution in [0.2, 0.25) is 0 Å². The fraction of sp³-hybridized carbons (Fsp3) is 0.167. The number of hydrogen-bond donors (Lipinski definition) is 3. The Balaban J connectivity index is 2.93. The Bertz CT molecular complexity index is 290. The minimum absolute atomic E-state index is 0.0435. The van der Waals surface area contributed by atoms with Gasteiger partial charge in [0.05, 0.1) is 6.54 Å². The molecule has 0 aliphatic rings. The molecule has 0 bridgehead atoms. The predicted molar refractivity (Wildman–Crippen MR) is 50.4 cm³/mol. The lowest BCUT2D eigenvalue weighted by Gasteiger charge is -2.13. The molecule has 0 aliphatic heterocycles. The van der Waals surface area contributed by atoms with E-state index in [4.69, 9.17) is 17.3 Å². The molecule has 0 radical (unpaired) electrons. The maximum Gasteiger partial charge on any atom is 0.246 e. The molecule has 6 N–H and O–H groups in total. The van der Waals surface area contributed by atoms with Crippen LogP contribution >= 0.6 is 0 Å². The molecule has 7 heteroatoms. The average Bonchev–Trinajstić information content (AvgIpc) is 2.03. The highest BCUT2D eigenvalue weighted by molar-refractivity contribution is 5.38. The number of rotatable bonds is 3. The van der Waals surface area contributed by atoms with Crippen LogP contribution in [0.4, 0.5) is 17.8 Å². The van der Waals surface area contributed by atoms with Crippen LogP contribution in [0.25, 0.3) is 0 Å². The van der Waals surface area contributed by atoms with Gasteiger partial charge in [0.2, 0.25) is 17.8 Å². The molecule has 0 unspecified atom stereocenters. The van der Waals surface area contributed by atoms with E-state index in [1.54, 1.807) is 6.08 Å². The number of anilines is 3. The number of hydrogen-bond acceptors (Lipinski definition) is 7. The van der Waals surface area contributed by atoms with Crippen molar-refractivity contribution in [3.05, 3.63) is 12.7 Å². The fourth-order valence-electron chi connectivity index (χ4n) is 0.746.